The maximum atomic E-state index is 12.5. The highest BCUT2D eigenvalue weighted by molar-refractivity contribution is 5.96. The number of aliphatic hydroxyl groups is 1. The lowest BCUT2D eigenvalue weighted by Crippen LogP contribution is -2.38. The average Bonchev–Trinajstić information content (AvgIpc) is 2.61. The molecule has 2 rings (SSSR count). The van der Waals surface area contributed by atoms with Crippen LogP contribution >= 0.6 is 0 Å². The van der Waals surface area contributed by atoms with E-state index in [4.69, 9.17) is 4.74 Å². The zero-order valence-electron chi connectivity index (χ0n) is 15.0. The molecule has 134 valence electrons. The van der Waals surface area contributed by atoms with Crippen LogP contribution in [0.4, 0.5) is 0 Å². The van der Waals surface area contributed by atoms with Crippen molar-refractivity contribution in [1.82, 2.24) is 10.2 Å². The van der Waals surface area contributed by atoms with Crippen LogP contribution in [0.15, 0.2) is 54.6 Å². The Morgan fingerprint density at radius 1 is 1.12 bits per heavy atom. The highest BCUT2D eigenvalue weighted by atomic mass is 16.5. The normalized spacial score (nSPS) is 13.3. The summed E-state index contributed by atoms with van der Waals surface area (Å²) in [6.07, 6.45) is 0. The van der Waals surface area contributed by atoms with Crippen LogP contribution in [0, 0.1) is 0 Å². The number of rotatable bonds is 8. The third-order valence-corrected chi connectivity index (χ3v) is 3.92. The Hall–Kier alpha value is -2.37. The van der Waals surface area contributed by atoms with Crippen molar-refractivity contribution < 1.29 is 14.6 Å². The summed E-state index contributed by atoms with van der Waals surface area (Å²) in [5, 5.41) is 13.4. The van der Waals surface area contributed by atoms with E-state index in [1.165, 1.54) is 0 Å². The molecule has 0 saturated carbocycles. The van der Waals surface area contributed by atoms with Gasteiger partial charge in [-0.05, 0) is 38.7 Å². The third-order valence-electron chi connectivity index (χ3n) is 3.92. The third kappa shape index (κ3) is 5.59. The van der Waals surface area contributed by atoms with Crippen LogP contribution < -0.4 is 10.1 Å². The van der Waals surface area contributed by atoms with Gasteiger partial charge in [0, 0.05) is 6.54 Å². The minimum Gasteiger partial charge on any atom is -0.491 e. The fraction of sp³-hybridized carbons (Fsp3) is 0.350. The monoisotopic (exact) mass is 342 g/mol. The second-order valence-corrected chi connectivity index (χ2v) is 6.47. The van der Waals surface area contributed by atoms with E-state index in [0.29, 0.717) is 17.9 Å². The van der Waals surface area contributed by atoms with Gasteiger partial charge in [0.1, 0.15) is 18.0 Å². The molecule has 1 atom stereocenters. The number of carbonyl (C=O) groups excluding carboxylic acids is 1. The van der Waals surface area contributed by atoms with Crippen LogP contribution in [-0.4, -0.2) is 49.7 Å². The number of likely N-dealkylation sites (N-methyl/N-ethyl adjacent to an activating group) is 1. The predicted octanol–water partition coefficient (Wildman–Crippen LogP) is 2.26. The number of benzene rings is 2. The van der Waals surface area contributed by atoms with Crippen molar-refractivity contribution in [2.75, 3.05) is 33.8 Å². The first-order chi connectivity index (χ1) is 11.9. The van der Waals surface area contributed by atoms with Crippen molar-refractivity contribution >= 4 is 5.91 Å². The lowest BCUT2D eigenvalue weighted by molar-refractivity contribution is 0.0525. The standard InChI is InChI=1S/C20H26N2O3/c1-20(24,16-9-5-4-6-10-16)15-21-19(23)17-11-7-8-12-18(17)25-14-13-22(2)3/h4-12,24H,13-15H2,1-3H3,(H,21,23). The summed E-state index contributed by atoms with van der Waals surface area (Å²) in [6, 6.07) is 16.4. The van der Waals surface area contributed by atoms with Gasteiger partial charge in [-0.15, -0.1) is 0 Å². The average molecular weight is 342 g/mol. The lowest BCUT2D eigenvalue weighted by Gasteiger charge is -2.24. The maximum Gasteiger partial charge on any atom is 0.255 e. The van der Waals surface area contributed by atoms with Crippen molar-refractivity contribution in [1.29, 1.82) is 0 Å². The molecule has 0 aliphatic rings. The number of hydrogen-bond acceptors (Lipinski definition) is 4. The minimum absolute atomic E-state index is 0.113. The number of ether oxygens (including phenoxy) is 1. The summed E-state index contributed by atoms with van der Waals surface area (Å²) >= 11 is 0. The lowest BCUT2D eigenvalue weighted by atomic mass is 9.96. The second kappa shape index (κ2) is 8.65. The molecule has 5 nitrogen and oxygen atoms in total. The summed E-state index contributed by atoms with van der Waals surface area (Å²) in [4.78, 5) is 14.5. The van der Waals surface area contributed by atoms with Crippen LogP contribution in [0.5, 0.6) is 5.75 Å². The van der Waals surface area contributed by atoms with Crippen LogP contribution in [0.25, 0.3) is 0 Å². The molecule has 0 heterocycles. The quantitative estimate of drug-likeness (QED) is 0.772. The second-order valence-electron chi connectivity index (χ2n) is 6.47. The van der Waals surface area contributed by atoms with E-state index in [2.05, 4.69) is 5.32 Å². The van der Waals surface area contributed by atoms with E-state index in [1.54, 1.807) is 25.1 Å². The van der Waals surface area contributed by atoms with Gasteiger partial charge in [0.15, 0.2) is 0 Å². The topological polar surface area (TPSA) is 61.8 Å². The van der Waals surface area contributed by atoms with Gasteiger partial charge < -0.3 is 20.1 Å². The number of nitrogens with zero attached hydrogens (tertiary/aromatic N) is 1. The predicted molar refractivity (Wildman–Crippen MR) is 98.8 cm³/mol. The van der Waals surface area contributed by atoms with E-state index >= 15 is 0 Å². The summed E-state index contributed by atoms with van der Waals surface area (Å²) in [5.41, 5.74) is 0.0772. The Bertz CT molecular complexity index is 684. The fourth-order valence-electron chi connectivity index (χ4n) is 2.37. The van der Waals surface area contributed by atoms with Crippen molar-refractivity contribution in [3.05, 3.63) is 65.7 Å². The Morgan fingerprint density at radius 3 is 2.44 bits per heavy atom. The highest BCUT2D eigenvalue weighted by Gasteiger charge is 2.24. The van der Waals surface area contributed by atoms with E-state index in [1.807, 2.05) is 55.4 Å². The minimum atomic E-state index is -1.14. The van der Waals surface area contributed by atoms with Crippen molar-refractivity contribution in [3.63, 3.8) is 0 Å². The maximum absolute atomic E-state index is 12.5. The van der Waals surface area contributed by atoms with E-state index in [-0.39, 0.29) is 12.5 Å². The molecule has 0 aromatic heterocycles. The van der Waals surface area contributed by atoms with Gasteiger partial charge in [0.25, 0.3) is 5.91 Å². The van der Waals surface area contributed by atoms with Crippen LogP contribution in [0.2, 0.25) is 0 Å². The highest BCUT2D eigenvalue weighted by Crippen LogP contribution is 2.21. The Morgan fingerprint density at radius 2 is 1.76 bits per heavy atom. The van der Waals surface area contributed by atoms with Crippen LogP contribution in [0.1, 0.15) is 22.8 Å². The van der Waals surface area contributed by atoms with Gasteiger partial charge in [-0.3, -0.25) is 4.79 Å². The van der Waals surface area contributed by atoms with Gasteiger partial charge in [-0.2, -0.15) is 0 Å². The molecule has 0 saturated heterocycles. The zero-order valence-corrected chi connectivity index (χ0v) is 15.0. The Labute approximate surface area is 149 Å². The van der Waals surface area contributed by atoms with Gasteiger partial charge in [-0.1, -0.05) is 42.5 Å². The van der Waals surface area contributed by atoms with E-state index < -0.39 is 5.60 Å². The Balaban J connectivity index is 2.01. The van der Waals surface area contributed by atoms with Crippen molar-refractivity contribution in [2.24, 2.45) is 0 Å². The number of amides is 1. The summed E-state index contributed by atoms with van der Waals surface area (Å²) in [5.74, 6) is 0.276. The zero-order chi connectivity index (χ0) is 18.3. The van der Waals surface area contributed by atoms with E-state index in [0.717, 1.165) is 12.1 Å². The number of nitrogens with one attached hydrogen (secondary N) is 1. The van der Waals surface area contributed by atoms with Crippen molar-refractivity contribution in [3.8, 4) is 5.75 Å². The molecule has 2 aromatic rings. The van der Waals surface area contributed by atoms with Gasteiger partial charge in [-0.25, -0.2) is 0 Å². The molecule has 0 spiro atoms. The molecule has 1 unspecified atom stereocenters. The molecule has 0 radical (unpaired) electrons. The Kier molecular flexibility index (Phi) is 6.56. The largest absolute Gasteiger partial charge is 0.491 e. The number of hydrogen-bond donors (Lipinski definition) is 2. The van der Waals surface area contributed by atoms with Crippen LogP contribution in [0.3, 0.4) is 0 Å². The van der Waals surface area contributed by atoms with Crippen LogP contribution in [-0.2, 0) is 5.60 Å². The SMILES string of the molecule is CN(C)CCOc1ccccc1C(=O)NCC(C)(O)c1ccccc1. The molecular formula is C20H26N2O3. The smallest absolute Gasteiger partial charge is 0.255 e. The summed E-state index contributed by atoms with van der Waals surface area (Å²) in [7, 11) is 3.93. The van der Waals surface area contributed by atoms with Crippen molar-refractivity contribution in [2.45, 2.75) is 12.5 Å². The molecule has 0 bridgehead atoms. The molecule has 0 aliphatic carbocycles. The molecule has 0 fully saturated rings. The van der Waals surface area contributed by atoms with E-state index in [9.17, 15) is 9.90 Å². The fourth-order valence-corrected chi connectivity index (χ4v) is 2.37. The summed E-state index contributed by atoms with van der Waals surface area (Å²) < 4.78 is 5.72. The molecule has 25 heavy (non-hydrogen) atoms. The molecule has 5 heteroatoms. The molecule has 0 aliphatic heterocycles. The summed E-state index contributed by atoms with van der Waals surface area (Å²) in [6.45, 7) is 3.06. The molecule has 2 aromatic carbocycles. The number of para-hydroxylation sites is 1. The first-order valence-electron chi connectivity index (χ1n) is 8.33. The first kappa shape index (κ1) is 19.0. The molecular weight excluding hydrogens is 316 g/mol. The van der Waals surface area contributed by atoms with Gasteiger partial charge in [0.05, 0.1) is 12.1 Å². The molecule has 1 amide bonds. The number of carbonyl (C=O) groups is 1. The molecule has 2 N–H and O–H groups in total. The van der Waals surface area contributed by atoms with Gasteiger partial charge in [0.2, 0.25) is 0 Å². The first-order valence-corrected chi connectivity index (χ1v) is 8.33. The van der Waals surface area contributed by atoms with Gasteiger partial charge >= 0.3 is 0 Å².